The number of para-hydroxylation sites is 1. The first kappa shape index (κ1) is 41.9. The first-order valence-corrected chi connectivity index (χ1v) is 18.2. The number of carbonyl (C=O) groups excluding carboxylic acids is 5. The molecule has 0 aliphatic carbocycles. The number of hydrogen-bond acceptors (Lipinski definition) is 8. The third-order valence-electron chi connectivity index (χ3n) is 9.03. The monoisotopic (exact) mass is 726 g/mol. The summed E-state index contributed by atoms with van der Waals surface area (Å²) in [6.45, 7) is 14.5. The Kier molecular flexibility index (Phi) is 15.2. The molecule has 2 aromatic rings. The molecule has 1 unspecified atom stereocenters. The first-order valence-electron chi connectivity index (χ1n) is 18.2. The fourth-order valence-electron chi connectivity index (χ4n) is 6.34. The zero-order valence-corrected chi connectivity index (χ0v) is 31.6. The molecule has 0 bridgehead atoms. The zero-order chi connectivity index (χ0) is 38.9. The number of aromatic amines is 1. The Hall–Kier alpha value is -4.50. The molecule has 0 saturated carbocycles. The number of amides is 5. The number of H-pyrrole nitrogens is 1. The number of fused-ring (bicyclic) bond motifs is 3. The van der Waals surface area contributed by atoms with Gasteiger partial charge in [-0.1, -0.05) is 59.7 Å². The lowest BCUT2D eigenvalue weighted by molar-refractivity contribution is -0.141. The third-order valence-corrected chi connectivity index (χ3v) is 9.03. The highest BCUT2D eigenvalue weighted by Gasteiger charge is 2.36. The summed E-state index contributed by atoms with van der Waals surface area (Å²) >= 11 is 0. The van der Waals surface area contributed by atoms with Crippen molar-refractivity contribution in [3.8, 4) is 0 Å². The van der Waals surface area contributed by atoms with Gasteiger partial charge in [-0.15, -0.1) is 0 Å². The van der Waals surface area contributed by atoms with Gasteiger partial charge in [0.1, 0.15) is 24.2 Å². The summed E-state index contributed by atoms with van der Waals surface area (Å²) in [5, 5.41) is 27.1. The van der Waals surface area contributed by atoms with Crippen LogP contribution in [-0.4, -0.2) is 88.4 Å². The fourth-order valence-corrected chi connectivity index (χ4v) is 6.34. The van der Waals surface area contributed by atoms with E-state index in [2.05, 4.69) is 36.9 Å². The van der Waals surface area contributed by atoms with Crippen LogP contribution in [0.5, 0.6) is 0 Å². The molecule has 3 rings (SSSR count). The molecule has 5 amide bonds. The number of carboxylic acid groups (broad SMARTS) is 1. The SMILES string of the molecule is CC(C)C[C@H](NC(=O)[C@@H]1Cc2c([nH]c3ccccc23)C(CNC(=O)[C@H](C)NC(=O)[C@H](CC(C)C)NC(=O)[C@@H](N)CC(C)C)N1)C(=O)N[C@@H](C)C(=O)O. The highest BCUT2D eigenvalue weighted by atomic mass is 16.4. The summed E-state index contributed by atoms with van der Waals surface area (Å²) in [5.74, 6) is -3.29. The second kappa shape index (κ2) is 18.8. The van der Waals surface area contributed by atoms with Gasteiger partial charge in [0.15, 0.2) is 0 Å². The van der Waals surface area contributed by atoms with Gasteiger partial charge in [0.05, 0.1) is 18.1 Å². The highest BCUT2D eigenvalue weighted by Crippen LogP contribution is 2.32. The number of carboxylic acids is 1. The van der Waals surface area contributed by atoms with Crippen molar-refractivity contribution < 1.29 is 33.9 Å². The van der Waals surface area contributed by atoms with E-state index < -0.39 is 77.8 Å². The largest absolute Gasteiger partial charge is 0.480 e. The molecule has 0 saturated heterocycles. The molecule has 1 aromatic heterocycles. The molecular weight excluding hydrogens is 668 g/mol. The Morgan fingerprint density at radius 3 is 1.88 bits per heavy atom. The average Bonchev–Trinajstić information content (AvgIpc) is 3.44. The van der Waals surface area contributed by atoms with Gasteiger partial charge in [-0.2, -0.15) is 0 Å². The minimum absolute atomic E-state index is 0.0283. The number of hydrogen-bond donors (Lipinski definition) is 9. The van der Waals surface area contributed by atoms with E-state index in [-0.39, 0.29) is 24.3 Å². The van der Waals surface area contributed by atoms with Crippen molar-refractivity contribution in [3.63, 3.8) is 0 Å². The lowest BCUT2D eigenvalue weighted by Crippen LogP contribution is -2.58. The zero-order valence-electron chi connectivity index (χ0n) is 31.6. The maximum atomic E-state index is 13.8. The van der Waals surface area contributed by atoms with E-state index in [4.69, 9.17) is 5.73 Å². The number of nitrogens with one attached hydrogen (secondary N) is 7. The fraction of sp³-hybridized carbons (Fsp3) is 0.622. The summed E-state index contributed by atoms with van der Waals surface area (Å²) in [6, 6.07) is 1.66. The summed E-state index contributed by atoms with van der Waals surface area (Å²) in [6.07, 6.45) is 1.42. The molecule has 288 valence electrons. The molecule has 2 heterocycles. The van der Waals surface area contributed by atoms with Crippen LogP contribution in [0.4, 0.5) is 0 Å². The number of carbonyl (C=O) groups is 6. The minimum Gasteiger partial charge on any atom is -0.480 e. The van der Waals surface area contributed by atoms with Crippen LogP contribution < -0.4 is 37.6 Å². The van der Waals surface area contributed by atoms with Gasteiger partial charge in [-0.25, -0.2) is 0 Å². The minimum atomic E-state index is -1.19. The second-order valence-electron chi connectivity index (χ2n) is 15.2. The van der Waals surface area contributed by atoms with E-state index in [9.17, 15) is 33.9 Å². The van der Waals surface area contributed by atoms with Crippen LogP contribution in [0, 0.1) is 17.8 Å². The van der Waals surface area contributed by atoms with Gasteiger partial charge in [-0.3, -0.25) is 34.1 Å². The molecule has 1 aromatic carbocycles. The predicted octanol–water partition coefficient (Wildman–Crippen LogP) is 1.37. The third kappa shape index (κ3) is 11.8. The van der Waals surface area contributed by atoms with Crippen LogP contribution >= 0.6 is 0 Å². The maximum absolute atomic E-state index is 13.8. The van der Waals surface area contributed by atoms with Crippen LogP contribution in [0.1, 0.15) is 92.0 Å². The summed E-state index contributed by atoms with van der Waals surface area (Å²) < 4.78 is 0. The van der Waals surface area contributed by atoms with E-state index in [1.54, 1.807) is 6.92 Å². The van der Waals surface area contributed by atoms with Gasteiger partial charge < -0.3 is 42.4 Å². The molecule has 52 heavy (non-hydrogen) atoms. The summed E-state index contributed by atoms with van der Waals surface area (Å²) in [7, 11) is 0. The lowest BCUT2D eigenvalue weighted by atomic mass is 9.92. The molecule has 0 fully saturated rings. The second-order valence-corrected chi connectivity index (χ2v) is 15.2. The summed E-state index contributed by atoms with van der Waals surface area (Å²) in [5.41, 5.74) is 8.60. The van der Waals surface area contributed by atoms with Crippen LogP contribution in [0.15, 0.2) is 24.3 Å². The molecule has 0 spiro atoms. The molecule has 0 radical (unpaired) electrons. The van der Waals surface area contributed by atoms with E-state index in [1.807, 2.05) is 65.8 Å². The Labute approximate surface area is 305 Å². The van der Waals surface area contributed by atoms with Crippen molar-refractivity contribution in [3.05, 3.63) is 35.5 Å². The van der Waals surface area contributed by atoms with E-state index in [1.165, 1.54) is 6.92 Å². The van der Waals surface area contributed by atoms with E-state index in [0.717, 1.165) is 22.2 Å². The van der Waals surface area contributed by atoms with Crippen molar-refractivity contribution >= 4 is 46.4 Å². The predicted molar refractivity (Wildman–Crippen MR) is 198 cm³/mol. The van der Waals surface area contributed by atoms with Crippen molar-refractivity contribution in [2.24, 2.45) is 23.5 Å². The standard InChI is InChI=1S/C37H58N8O7/c1-18(2)13-25(38)33(47)44-27(14-19(3)4)34(48)40-21(7)32(46)39-17-30-31-24(23-11-9-10-12-26(23)43-31)16-29(42-30)36(50)45-28(15-20(5)6)35(49)41-22(8)37(51)52/h9-12,18-22,25,27-30,42-43H,13-17,38H2,1-8H3,(H,39,46)(H,40,48)(H,41,49)(H,44,47)(H,45,50)(H,51,52)/t21-,22-,25-,27-,28-,29-,30?/m0/s1. The Balaban J connectivity index is 1.74. The van der Waals surface area contributed by atoms with Crippen LogP contribution in [-0.2, 0) is 35.2 Å². The topological polar surface area (TPSA) is 237 Å². The molecule has 10 N–H and O–H groups in total. The number of benzene rings is 1. The number of rotatable bonds is 18. The number of aliphatic carboxylic acids is 1. The molecule has 15 heteroatoms. The summed E-state index contributed by atoms with van der Waals surface area (Å²) in [4.78, 5) is 80.9. The number of nitrogens with two attached hydrogens (primary N) is 1. The van der Waals surface area contributed by atoms with Gasteiger partial charge in [0, 0.05) is 23.1 Å². The molecule has 1 aliphatic rings. The van der Waals surface area contributed by atoms with Crippen molar-refractivity contribution in [2.75, 3.05) is 6.54 Å². The lowest BCUT2D eigenvalue weighted by Gasteiger charge is -2.32. The Morgan fingerprint density at radius 2 is 1.31 bits per heavy atom. The first-order chi connectivity index (χ1) is 24.4. The molecule has 15 nitrogen and oxygen atoms in total. The van der Waals surface area contributed by atoms with Gasteiger partial charge in [0.25, 0.3) is 0 Å². The van der Waals surface area contributed by atoms with Crippen molar-refractivity contribution in [1.29, 1.82) is 0 Å². The van der Waals surface area contributed by atoms with Crippen molar-refractivity contribution in [1.82, 2.24) is 36.9 Å². The Morgan fingerprint density at radius 1 is 0.750 bits per heavy atom. The Bertz CT molecular complexity index is 1590. The molecule has 1 aliphatic heterocycles. The number of aromatic nitrogens is 1. The van der Waals surface area contributed by atoms with E-state index in [0.29, 0.717) is 25.7 Å². The van der Waals surface area contributed by atoms with Gasteiger partial charge in [-0.05, 0) is 68.9 Å². The molecule has 7 atom stereocenters. The van der Waals surface area contributed by atoms with Crippen LogP contribution in [0.3, 0.4) is 0 Å². The van der Waals surface area contributed by atoms with Gasteiger partial charge in [0.2, 0.25) is 29.5 Å². The molecular formula is C37H58N8O7. The maximum Gasteiger partial charge on any atom is 0.325 e. The smallest absolute Gasteiger partial charge is 0.325 e. The highest BCUT2D eigenvalue weighted by molar-refractivity contribution is 5.94. The van der Waals surface area contributed by atoms with E-state index >= 15 is 0 Å². The average molecular weight is 727 g/mol. The van der Waals surface area contributed by atoms with Crippen LogP contribution in [0.2, 0.25) is 0 Å². The quantitative estimate of drug-likeness (QED) is 0.108. The van der Waals surface area contributed by atoms with Gasteiger partial charge >= 0.3 is 5.97 Å². The van der Waals surface area contributed by atoms with Crippen LogP contribution in [0.25, 0.3) is 10.9 Å². The van der Waals surface area contributed by atoms with Crippen molar-refractivity contribution in [2.45, 2.75) is 123 Å². The normalized spacial score (nSPS) is 18.5.